The van der Waals surface area contributed by atoms with E-state index in [1.54, 1.807) is 31.2 Å². The van der Waals surface area contributed by atoms with Crippen molar-refractivity contribution in [1.29, 1.82) is 0 Å². The molecule has 0 aromatic heterocycles. The molecule has 0 aliphatic rings. The van der Waals surface area contributed by atoms with Crippen LogP contribution in [0.2, 0.25) is 0 Å². The third-order valence-corrected chi connectivity index (χ3v) is 4.07. The number of nitrogens with one attached hydrogen (secondary N) is 1. The van der Waals surface area contributed by atoms with Gasteiger partial charge in [-0.2, -0.15) is 0 Å². The Bertz CT molecular complexity index is 661. The van der Waals surface area contributed by atoms with Crippen molar-refractivity contribution in [3.05, 3.63) is 54.1 Å². The normalized spacial score (nSPS) is 11.1. The minimum Gasteiger partial charge on any atom is -0.457 e. The lowest BCUT2D eigenvalue weighted by molar-refractivity contribution is 0.482. The van der Waals surface area contributed by atoms with Crippen molar-refractivity contribution in [2.45, 2.75) is 13.8 Å². The van der Waals surface area contributed by atoms with Crippen LogP contribution in [0.15, 0.2) is 48.5 Å². The van der Waals surface area contributed by atoms with Crippen LogP contribution >= 0.6 is 0 Å². The van der Waals surface area contributed by atoms with Gasteiger partial charge in [0.2, 0.25) is 10.0 Å². The first-order valence-corrected chi connectivity index (χ1v) is 7.99. The molecule has 0 amide bonds. The van der Waals surface area contributed by atoms with Gasteiger partial charge in [0.25, 0.3) is 0 Å². The molecule has 0 aliphatic heterocycles. The number of rotatable bonds is 5. The number of aryl methyl sites for hydroxylation is 1. The number of sulfonamides is 1. The fourth-order valence-corrected chi connectivity index (χ4v) is 2.22. The van der Waals surface area contributed by atoms with Gasteiger partial charge in [-0.3, -0.25) is 4.72 Å². The van der Waals surface area contributed by atoms with Crippen molar-refractivity contribution in [3.63, 3.8) is 0 Å². The van der Waals surface area contributed by atoms with Gasteiger partial charge in [0, 0.05) is 5.69 Å². The molecule has 2 aromatic carbocycles. The smallest absolute Gasteiger partial charge is 0.232 e. The van der Waals surface area contributed by atoms with Crippen molar-refractivity contribution in [2.75, 3.05) is 10.5 Å². The summed E-state index contributed by atoms with van der Waals surface area (Å²) in [4.78, 5) is 0. The van der Waals surface area contributed by atoms with Gasteiger partial charge < -0.3 is 4.74 Å². The van der Waals surface area contributed by atoms with Crippen LogP contribution in [0.5, 0.6) is 11.5 Å². The highest BCUT2D eigenvalue weighted by atomic mass is 32.2. The monoisotopic (exact) mass is 291 g/mol. The number of hydrogen-bond donors (Lipinski definition) is 1. The second-order valence-corrected chi connectivity index (χ2v) is 6.46. The molecule has 2 aromatic rings. The molecule has 0 atom stereocenters. The zero-order valence-corrected chi connectivity index (χ0v) is 12.3. The summed E-state index contributed by atoms with van der Waals surface area (Å²) in [6.07, 6.45) is 0. The molecule has 0 saturated carbocycles. The maximum Gasteiger partial charge on any atom is 0.232 e. The minimum absolute atomic E-state index is 0.0502. The summed E-state index contributed by atoms with van der Waals surface area (Å²) < 4.78 is 31.0. The van der Waals surface area contributed by atoms with Gasteiger partial charge in [-0.1, -0.05) is 17.7 Å². The molecule has 0 saturated heterocycles. The number of hydrogen-bond acceptors (Lipinski definition) is 3. The summed E-state index contributed by atoms with van der Waals surface area (Å²) in [6, 6.07) is 14.5. The first-order valence-electron chi connectivity index (χ1n) is 6.33. The first-order chi connectivity index (χ1) is 9.48. The van der Waals surface area contributed by atoms with Crippen molar-refractivity contribution in [1.82, 2.24) is 0 Å². The molecule has 5 heteroatoms. The second kappa shape index (κ2) is 5.96. The lowest BCUT2D eigenvalue weighted by Gasteiger charge is -2.08. The van der Waals surface area contributed by atoms with Crippen LogP contribution in [0.25, 0.3) is 0 Å². The lowest BCUT2D eigenvalue weighted by atomic mass is 10.2. The van der Waals surface area contributed by atoms with Gasteiger partial charge in [-0.15, -0.1) is 0 Å². The number of benzene rings is 2. The maximum atomic E-state index is 11.4. The van der Waals surface area contributed by atoms with Gasteiger partial charge in [0.05, 0.1) is 5.75 Å². The molecule has 0 heterocycles. The highest BCUT2D eigenvalue weighted by molar-refractivity contribution is 7.92. The Balaban J connectivity index is 2.07. The highest BCUT2D eigenvalue weighted by Crippen LogP contribution is 2.23. The van der Waals surface area contributed by atoms with Crippen molar-refractivity contribution in [3.8, 4) is 11.5 Å². The fraction of sp³-hybridized carbons (Fsp3) is 0.200. The first kappa shape index (κ1) is 14.4. The summed E-state index contributed by atoms with van der Waals surface area (Å²) in [5.74, 6) is 1.46. The van der Waals surface area contributed by atoms with Gasteiger partial charge in [0.15, 0.2) is 0 Å². The quantitative estimate of drug-likeness (QED) is 0.916. The fourth-order valence-electron chi connectivity index (χ4n) is 1.59. The molecule has 0 unspecified atom stereocenters. The van der Waals surface area contributed by atoms with Crippen molar-refractivity contribution >= 4 is 15.7 Å². The van der Waals surface area contributed by atoms with Crippen LogP contribution in [0, 0.1) is 6.92 Å². The molecule has 106 valence electrons. The number of ether oxygens (including phenoxy) is 1. The average Bonchev–Trinajstić information content (AvgIpc) is 2.43. The molecule has 2 rings (SSSR count). The molecule has 1 N–H and O–H groups in total. The third-order valence-electron chi connectivity index (χ3n) is 2.76. The lowest BCUT2D eigenvalue weighted by Crippen LogP contribution is -2.14. The molecule has 0 bridgehead atoms. The van der Waals surface area contributed by atoms with Crippen LogP contribution in [0.3, 0.4) is 0 Å². The summed E-state index contributed by atoms with van der Waals surface area (Å²) in [6.45, 7) is 3.61. The third kappa shape index (κ3) is 3.99. The standard InChI is InChI=1S/C15H17NO3S/c1-3-20(17,18)16-13-6-10-15(11-7-13)19-14-8-4-12(2)5-9-14/h4-11,16H,3H2,1-2H3. The van der Waals surface area contributed by atoms with E-state index in [4.69, 9.17) is 4.74 Å². The van der Waals surface area contributed by atoms with E-state index in [9.17, 15) is 8.42 Å². The van der Waals surface area contributed by atoms with Gasteiger partial charge in [0.1, 0.15) is 11.5 Å². The summed E-state index contributed by atoms with van der Waals surface area (Å²) in [7, 11) is -3.24. The molecule has 0 aliphatic carbocycles. The molecule has 0 fully saturated rings. The van der Waals surface area contributed by atoms with Crippen LogP contribution in [0.4, 0.5) is 5.69 Å². The van der Waals surface area contributed by atoms with Crippen LogP contribution in [-0.4, -0.2) is 14.2 Å². The van der Waals surface area contributed by atoms with E-state index in [2.05, 4.69) is 4.72 Å². The highest BCUT2D eigenvalue weighted by Gasteiger charge is 2.06. The number of anilines is 1. The Morgan fingerprint density at radius 1 is 0.950 bits per heavy atom. The minimum atomic E-state index is -3.24. The van der Waals surface area contributed by atoms with Crippen LogP contribution in [-0.2, 0) is 10.0 Å². The summed E-state index contributed by atoms with van der Waals surface area (Å²) in [5.41, 5.74) is 1.70. The van der Waals surface area contributed by atoms with Crippen LogP contribution in [0.1, 0.15) is 12.5 Å². The van der Waals surface area contributed by atoms with E-state index >= 15 is 0 Å². The molecule has 0 radical (unpaired) electrons. The van der Waals surface area contributed by atoms with Crippen molar-refractivity contribution in [2.24, 2.45) is 0 Å². The van der Waals surface area contributed by atoms with E-state index < -0.39 is 10.0 Å². The second-order valence-electron chi connectivity index (χ2n) is 4.44. The SMILES string of the molecule is CCS(=O)(=O)Nc1ccc(Oc2ccc(C)cc2)cc1. The Morgan fingerprint density at radius 2 is 1.45 bits per heavy atom. The van der Waals surface area contributed by atoms with Crippen molar-refractivity contribution < 1.29 is 13.2 Å². The molecule has 20 heavy (non-hydrogen) atoms. The Hall–Kier alpha value is -2.01. The van der Waals surface area contributed by atoms with Crippen LogP contribution < -0.4 is 9.46 Å². The molecular formula is C15H17NO3S. The molecular weight excluding hydrogens is 274 g/mol. The zero-order chi connectivity index (χ0) is 14.6. The Labute approximate surface area is 119 Å². The largest absolute Gasteiger partial charge is 0.457 e. The Kier molecular flexibility index (Phi) is 4.29. The van der Waals surface area contributed by atoms with E-state index in [1.165, 1.54) is 5.56 Å². The van der Waals surface area contributed by atoms with Gasteiger partial charge >= 0.3 is 0 Å². The zero-order valence-electron chi connectivity index (χ0n) is 11.5. The topological polar surface area (TPSA) is 55.4 Å². The molecule has 0 spiro atoms. The average molecular weight is 291 g/mol. The molecule has 4 nitrogen and oxygen atoms in total. The summed E-state index contributed by atoms with van der Waals surface area (Å²) in [5, 5.41) is 0. The van der Waals surface area contributed by atoms with E-state index in [-0.39, 0.29) is 5.75 Å². The van der Waals surface area contributed by atoms with E-state index in [0.29, 0.717) is 11.4 Å². The van der Waals surface area contributed by atoms with Gasteiger partial charge in [-0.05, 0) is 50.2 Å². The Morgan fingerprint density at radius 3 is 1.95 bits per heavy atom. The van der Waals surface area contributed by atoms with E-state index in [1.807, 2.05) is 31.2 Å². The predicted octanol–water partition coefficient (Wildman–Crippen LogP) is 3.55. The van der Waals surface area contributed by atoms with Gasteiger partial charge in [-0.25, -0.2) is 8.42 Å². The maximum absolute atomic E-state index is 11.4. The predicted molar refractivity (Wildman–Crippen MR) is 80.8 cm³/mol. The summed E-state index contributed by atoms with van der Waals surface area (Å²) >= 11 is 0. The van der Waals surface area contributed by atoms with E-state index in [0.717, 1.165) is 5.75 Å².